The molecule has 1 nitrogen and oxygen atoms in total. The van der Waals surface area contributed by atoms with Crippen LogP contribution in [0.4, 0.5) is 0 Å². The third-order valence-corrected chi connectivity index (χ3v) is 5.19. The van der Waals surface area contributed by atoms with Crippen LogP contribution >= 0.6 is 0 Å². The number of nitrogens with zero attached hydrogens (tertiary/aromatic N) is 1. The van der Waals surface area contributed by atoms with Gasteiger partial charge in [-0.2, -0.15) is 0 Å². The Morgan fingerprint density at radius 3 is 1.93 bits per heavy atom. The van der Waals surface area contributed by atoms with Gasteiger partial charge in [0.25, 0.3) is 0 Å². The summed E-state index contributed by atoms with van der Waals surface area (Å²) in [5.41, 5.74) is 5.66. The molecule has 0 saturated heterocycles. The molecule has 0 aliphatic heterocycles. The Morgan fingerprint density at radius 1 is 0.556 bits per heavy atom. The Labute approximate surface area is 158 Å². The van der Waals surface area contributed by atoms with Crippen molar-refractivity contribution in [3.05, 3.63) is 103 Å². The summed E-state index contributed by atoms with van der Waals surface area (Å²) in [6.07, 6.45) is 0. The van der Waals surface area contributed by atoms with Crippen LogP contribution in [0.25, 0.3) is 43.9 Å². The van der Waals surface area contributed by atoms with Crippen LogP contribution in [-0.2, 0) is 0 Å². The van der Waals surface area contributed by atoms with E-state index in [1.807, 2.05) is 6.07 Å². The lowest BCUT2D eigenvalue weighted by molar-refractivity contribution is 1.24. The number of fused-ring (bicyclic) bond motifs is 3. The van der Waals surface area contributed by atoms with E-state index in [4.69, 9.17) is 4.98 Å². The molecule has 0 radical (unpaired) electrons. The summed E-state index contributed by atoms with van der Waals surface area (Å²) in [5.74, 6) is 0. The highest BCUT2D eigenvalue weighted by Crippen LogP contribution is 2.40. The van der Waals surface area contributed by atoms with E-state index >= 15 is 0 Å². The van der Waals surface area contributed by atoms with Gasteiger partial charge in [0.05, 0.1) is 5.69 Å². The standard InChI is InChI=1S/C26H19N/c1-18-24-22-15-9-8-10-19(22)16-17-23(24)25(20-11-4-2-5-12-20)26(27-18)21-13-6-3-7-14-21/h2-17H,1H3. The van der Waals surface area contributed by atoms with E-state index in [0.717, 1.165) is 17.0 Å². The van der Waals surface area contributed by atoms with E-state index in [1.54, 1.807) is 0 Å². The molecule has 0 N–H and O–H groups in total. The summed E-state index contributed by atoms with van der Waals surface area (Å²) in [6.45, 7) is 2.12. The largest absolute Gasteiger partial charge is 0.252 e. The fourth-order valence-corrected chi connectivity index (χ4v) is 3.98. The summed E-state index contributed by atoms with van der Waals surface area (Å²) in [7, 11) is 0. The van der Waals surface area contributed by atoms with Gasteiger partial charge in [0.2, 0.25) is 0 Å². The molecule has 1 heteroatoms. The smallest absolute Gasteiger partial charge is 0.0790 e. The molecular formula is C26H19N. The normalized spacial score (nSPS) is 11.1. The van der Waals surface area contributed by atoms with Crippen LogP contribution in [-0.4, -0.2) is 4.98 Å². The zero-order chi connectivity index (χ0) is 18.2. The van der Waals surface area contributed by atoms with Crippen molar-refractivity contribution in [3.63, 3.8) is 0 Å². The molecule has 0 spiro atoms. The van der Waals surface area contributed by atoms with Gasteiger partial charge >= 0.3 is 0 Å². The topological polar surface area (TPSA) is 12.9 Å². The van der Waals surface area contributed by atoms with E-state index in [-0.39, 0.29) is 0 Å². The lowest BCUT2D eigenvalue weighted by Gasteiger charge is -2.16. The van der Waals surface area contributed by atoms with Crippen molar-refractivity contribution >= 4 is 21.5 Å². The number of aromatic nitrogens is 1. The Morgan fingerprint density at radius 2 is 1.19 bits per heavy atom. The molecular weight excluding hydrogens is 326 g/mol. The average Bonchev–Trinajstić information content (AvgIpc) is 2.74. The molecule has 0 unspecified atom stereocenters. The third kappa shape index (κ3) is 2.60. The first-order valence-electron chi connectivity index (χ1n) is 9.26. The van der Waals surface area contributed by atoms with Crippen molar-refractivity contribution in [2.75, 3.05) is 0 Å². The Balaban J connectivity index is 1.98. The Bertz CT molecular complexity index is 1260. The minimum atomic E-state index is 1.04. The second kappa shape index (κ2) is 6.37. The molecule has 0 bridgehead atoms. The number of hydrogen-bond donors (Lipinski definition) is 0. The number of aryl methyl sites for hydroxylation is 1. The summed E-state index contributed by atoms with van der Waals surface area (Å²) in [6, 6.07) is 34.1. The van der Waals surface area contributed by atoms with Crippen molar-refractivity contribution in [1.82, 2.24) is 4.98 Å². The zero-order valence-corrected chi connectivity index (χ0v) is 15.2. The molecule has 0 saturated carbocycles. The first-order chi connectivity index (χ1) is 13.3. The van der Waals surface area contributed by atoms with E-state index in [1.165, 1.54) is 32.7 Å². The van der Waals surface area contributed by atoms with Crippen LogP contribution in [0, 0.1) is 6.92 Å². The van der Waals surface area contributed by atoms with Crippen molar-refractivity contribution in [1.29, 1.82) is 0 Å². The van der Waals surface area contributed by atoms with Gasteiger partial charge in [-0.1, -0.05) is 97.1 Å². The number of benzene rings is 4. The molecule has 4 aromatic carbocycles. The maximum atomic E-state index is 5.10. The maximum absolute atomic E-state index is 5.10. The molecule has 1 heterocycles. The monoisotopic (exact) mass is 345 g/mol. The van der Waals surface area contributed by atoms with Crippen molar-refractivity contribution < 1.29 is 0 Å². The summed E-state index contributed by atoms with van der Waals surface area (Å²) >= 11 is 0. The minimum Gasteiger partial charge on any atom is -0.252 e. The highest BCUT2D eigenvalue weighted by atomic mass is 14.7. The van der Waals surface area contributed by atoms with Crippen molar-refractivity contribution in [2.24, 2.45) is 0 Å². The number of hydrogen-bond acceptors (Lipinski definition) is 1. The maximum Gasteiger partial charge on any atom is 0.0790 e. The molecule has 27 heavy (non-hydrogen) atoms. The zero-order valence-electron chi connectivity index (χ0n) is 15.2. The Hall–Kier alpha value is -3.45. The predicted molar refractivity (Wildman–Crippen MR) is 115 cm³/mol. The third-order valence-electron chi connectivity index (χ3n) is 5.19. The molecule has 0 atom stereocenters. The van der Waals surface area contributed by atoms with Crippen LogP contribution in [0.5, 0.6) is 0 Å². The molecule has 128 valence electrons. The highest BCUT2D eigenvalue weighted by molar-refractivity contribution is 6.15. The van der Waals surface area contributed by atoms with E-state index in [0.29, 0.717) is 0 Å². The van der Waals surface area contributed by atoms with Crippen LogP contribution in [0.2, 0.25) is 0 Å². The molecule has 0 amide bonds. The highest BCUT2D eigenvalue weighted by Gasteiger charge is 2.16. The quantitative estimate of drug-likeness (QED) is 0.313. The van der Waals surface area contributed by atoms with E-state index in [2.05, 4.69) is 97.9 Å². The van der Waals surface area contributed by atoms with Gasteiger partial charge in [-0.05, 0) is 28.6 Å². The van der Waals surface area contributed by atoms with Gasteiger partial charge in [0.15, 0.2) is 0 Å². The number of rotatable bonds is 2. The second-order valence-electron chi connectivity index (χ2n) is 6.86. The molecule has 5 rings (SSSR count). The lowest BCUT2D eigenvalue weighted by Crippen LogP contribution is -1.96. The molecule has 0 aliphatic rings. The van der Waals surface area contributed by atoms with Crippen LogP contribution < -0.4 is 0 Å². The Kier molecular flexibility index (Phi) is 3.72. The van der Waals surface area contributed by atoms with Crippen molar-refractivity contribution in [2.45, 2.75) is 6.92 Å². The fraction of sp³-hybridized carbons (Fsp3) is 0.0385. The molecule has 1 aromatic heterocycles. The van der Waals surface area contributed by atoms with Crippen molar-refractivity contribution in [3.8, 4) is 22.4 Å². The van der Waals surface area contributed by atoms with E-state index in [9.17, 15) is 0 Å². The first kappa shape index (κ1) is 15.8. The minimum absolute atomic E-state index is 1.04. The lowest BCUT2D eigenvalue weighted by atomic mass is 9.91. The number of pyridine rings is 1. The average molecular weight is 345 g/mol. The fourth-order valence-electron chi connectivity index (χ4n) is 3.98. The van der Waals surface area contributed by atoms with Gasteiger partial charge in [0, 0.05) is 22.2 Å². The molecule has 5 aromatic rings. The van der Waals surface area contributed by atoms with E-state index < -0.39 is 0 Å². The SMILES string of the molecule is Cc1nc(-c2ccccc2)c(-c2ccccc2)c2ccc3ccccc3c12. The summed E-state index contributed by atoms with van der Waals surface area (Å²) in [4.78, 5) is 5.10. The first-order valence-corrected chi connectivity index (χ1v) is 9.26. The van der Waals surface area contributed by atoms with Gasteiger partial charge in [-0.3, -0.25) is 4.98 Å². The second-order valence-corrected chi connectivity index (χ2v) is 6.86. The molecule has 0 fully saturated rings. The predicted octanol–water partition coefficient (Wildman–Crippen LogP) is 7.03. The van der Waals surface area contributed by atoms with Gasteiger partial charge < -0.3 is 0 Å². The van der Waals surface area contributed by atoms with Gasteiger partial charge in [-0.15, -0.1) is 0 Å². The molecule has 0 aliphatic carbocycles. The van der Waals surface area contributed by atoms with Crippen LogP contribution in [0.15, 0.2) is 97.1 Å². The van der Waals surface area contributed by atoms with Gasteiger partial charge in [-0.25, -0.2) is 0 Å². The van der Waals surface area contributed by atoms with Crippen LogP contribution in [0.3, 0.4) is 0 Å². The van der Waals surface area contributed by atoms with Crippen LogP contribution in [0.1, 0.15) is 5.69 Å². The summed E-state index contributed by atoms with van der Waals surface area (Å²) in [5, 5.41) is 5.01. The van der Waals surface area contributed by atoms with Gasteiger partial charge in [0.1, 0.15) is 0 Å². The summed E-state index contributed by atoms with van der Waals surface area (Å²) < 4.78 is 0.